The molecule has 2 aromatic carbocycles. The molecule has 0 radical (unpaired) electrons. The number of fused-ring (bicyclic) bond motifs is 3. The average molecular weight is 412 g/mol. The van der Waals surface area contributed by atoms with Gasteiger partial charge in [0.15, 0.2) is 16.7 Å². The molecule has 0 saturated carbocycles. The zero-order valence-corrected chi connectivity index (χ0v) is 16.9. The van der Waals surface area contributed by atoms with Crippen molar-refractivity contribution in [2.24, 2.45) is 0 Å². The number of aromatic nitrogens is 4. The molecule has 150 valence electrons. The van der Waals surface area contributed by atoms with E-state index in [2.05, 4.69) is 17.1 Å². The van der Waals surface area contributed by atoms with Crippen molar-refractivity contribution in [3.63, 3.8) is 0 Å². The van der Waals surface area contributed by atoms with Gasteiger partial charge in [0.1, 0.15) is 0 Å². The van der Waals surface area contributed by atoms with Crippen LogP contribution >= 0.6 is 11.8 Å². The minimum Gasteiger partial charge on any atom is -0.490 e. The number of nitrogens with zero attached hydrogens (tertiary/aromatic N) is 4. The quantitative estimate of drug-likeness (QED) is 0.321. The van der Waals surface area contributed by atoms with Crippen LogP contribution in [-0.4, -0.2) is 31.5 Å². The fourth-order valence-corrected chi connectivity index (χ4v) is 3.95. The summed E-state index contributed by atoms with van der Waals surface area (Å²) in [6.45, 7) is 3.01. The normalized spacial score (nSPS) is 11.4. The number of thioether (sulfide) groups is 1. The summed E-state index contributed by atoms with van der Waals surface area (Å²) in [6.07, 6.45) is 1.87. The van der Waals surface area contributed by atoms with Crippen molar-refractivity contribution < 1.29 is 9.13 Å². The van der Waals surface area contributed by atoms with Crippen molar-refractivity contribution in [1.82, 2.24) is 19.2 Å². The van der Waals surface area contributed by atoms with Crippen molar-refractivity contribution in [2.45, 2.75) is 31.5 Å². The van der Waals surface area contributed by atoms with Crippen molar-refractivity contribution in [2.75, 3.05) is 12.4 Å². The van der Waals surface area contributed by atoms with Crippen molar-refractivity contribution in [1.29, 1.82) is 0 Å². The second-order valence-corrected chi connectivity index (χ2v) is 7.63. The van der Waals surface area contributed by atoms with Gasteiger partial charge in [0.05, 0.1) is 17.5 Å². The van der Waals surface area contributed by atoms with E-state index in [0.29, 0.717) is 35.2 Å². The molecule has 4 rings (SSSR count). The Morgan fingerprint density at radius 1 is 1.10 bits per heavy atom. The third-order valence-corrected chi connectivity index (χ3v) is 5.52. The van der Waals surface area contributed by atoms with Gasteiger partial charge in [-0.25, -0.2) is 4.39 Å². The van der Waals surface area contributed by atoms with Gasteiger partial charge in [0.25, 0.3) is 5.56 Å². The van der Waals surface area contributed by atoms with Crippen LogP contribution in [0.1, 0.15) is 19.8 Å². The van der Waals surface area contributed by atoms with E-state index in [1.165, 1.54) is 17.8 Å². The molecular formula is C21H21FN4O2S. The first-order chi connectivity index (χ1) is 14.2. The molecule has 29 heavy (non-hydrogen) atoms. The van der Waals surface area contributed by atoms with Gasteiger partial charge in [0, 0.05) is 12.3 Å². The van der Waals surface area contributed by atoms with E-state index in [1.807, 2.05) is 28.7 Å². The molecule has 0 spiro atoms. The Morgan fingerprint density at radius 3 is 2.72 bits per heavy atom. The van der Waals surface area contributed by atoms with E-state index >= 15 is 0 Å². The first kappa shape index (κ1) is 19.4. The minimum absolute atomic E-state index is 0.0478. The highest BCUT2D eigenvalue weighted by Gasteiger charge is 2.16. The molecule has 0 aliphatic rings. The summed E-state index contributed by atoms with van der Waals surface area (Å²) in [5.74, 6) is 0.964. The molecule has 0 N–H and O–H groups in total. The third-order valence-electron chi connectivity index (χ3n) is 4.62. The molecule has 0 saturated heterocycles. The van der Waals surface area contributed by atoms with Crippen LogP contribution in [0.2, 0.25) is 0 Å². The van der Waals surface area contributed by atoms with Gasteiger partial charge in [-0.3, -0.25) is 13.8 Å². The van der Waals surface area contributed by atoms with Gasteiger partial charge in [0.2, 0.25) is 5.78 Å². The van der Waals surface area contributed by atoms with Crippen LogP contribution in [0.25, 0.3) is 16.7 Å². The number of ether oxygens (including phenoxy) is 1. The predicted molar refractivity (Wildman–Crippen MR) is 112 cm³/mol. The van der Waals surface area contributed by atoms with Crippen molar-refractivity contribution >= 4 is 28.4 Å². The molecule has 2 heterocycles. The van der Waals surface area contributed by atoms with Crippen LogP contribution in [0.15, 0.2) is 58.5 Å². The molecule has 0 unspecified atom stereocenters. The lowest BCUT2D eigenvalue weighted by atomic mass is 10.2. The molecule has 0 fully saturated rings. The SMILES string of the molecule is CCCCn1c(=O)c2ccccc2n2c(SCCOc3ccccc3F)nnc12. The Hall–Kier alpha value is -2.87. The number of unbranched alkanes of at least 4 members (excludes halogenated alkanes) is 1. The Morgan fingerprint density at radius 2 is 1.90 bits per heavy atom. The number of benzene rings is 2. The van der Waals surface area contributed by atoms with Gasteiger partial charge in [-0.15, -0.1) is 10.2 Å². The predicted octanol–water partition coefficient (Wildman–Crippen LogP) is 4.15. The van der Waals surface area contributed by atoms with E-state index in [9.17, 15) is 9.18 Å². The highest BCUT2D eigenvalue weighted by molar-refractivity contribution is 7.99. The summed E-state index contributed by atoms with van der Waals surface area (Å²) in [7, 11) is 0. The Labute approximate surface area is 171 Å². The lowest BCUT2D eigenvalue weighted by molar-refractivity contribution is 0.325. The second-order valence-electron chi connectivity index (χ2n) is 6.57. The first-order valence-electron chi connectivity index (χ1n) is 9.57. The Kier molecular flexibility index (Phi) is 5.80. The number of rotatable bonds is 8. The minimum atomic E-state index is -0.378. The first-order valence-corrected chi connectivity index (χ1v) is 10.6. The lowest BCUT2D eigenvalue weighted by Gasteiger charge is -2.11. The van der Waals surface area contributed by atoms with Crippen LogP contribution in [0.3, 0.4) is 0 Å². The maximum Gasteiger partial charge on any atom is 0.262 e. The number of para-hydroxylation sites is 2. The highest BCUT2D eigenvalue weighted by atomic mass is 32.2. The van der Waals surface area contributed by atoms with E-state index in [0.717, 1.165) is 18.4 Å². The number of halogens is 1. The maximum absolute atomic E-state index is 13.7. The smallest absolute Gasteiger partial charge is 0.262 e. The summed E-state index contributed by atoms with van der Waals surface area (Å²) >= 11 is 1.46. The van der Waals surface area contributed by atoms with Crippen LogP contribution in [-0.2, 0) is 6.54 Å². The molecule has 0 amide bonds. The molecule has 0 bridgehead atoms. The topological polar surface area (TPSA) is 61.4 Å². The molecule has 2 aromatic heterocycles. The molecule has 0 atom stereocenters. The fraction of sp³-hybridized carbons (Fsp3) is 0.286. The number of hydrogen-bond donors (Lipinski definition) is 0. The zero-order valence-electron chi connectivity index (χ0n) is 16.0. The van der Waals surface area contributed by atoms with Crippen molar-refractivity contribution in [3.8, 4) is 5.75 Å². The molecule has 8 heteroatoms. The van der Waals surface area contributed by atoms with Crippen LogP contribution in [0.5, 0.6) is 5.75 Å². The second kappa shape index (κ2) is 8.65. The fourth-order valence-electron chi connectivity index (χ4n) is 3.19. The molecule has 4 aromatic rings. The average Bonchev–Trinajstić information content (AvgIpc) is 3.16. The zero-order chi connectivity index (χ0) is 20.2. The summed E-state index contributed by atoms with van der Waals surface area (Å²) in [5, 5.41) is 9.91. The monoisotopic (exact) mass is 412 g/mol. The summed E-state index contributed by atoms with van der Waals surface area (Å²) in [4.78, 5) is 12.9. The largest absolute Gasteiger partial charge is 0.490 e. The van der Waals surface area contributed by atoms with Gasteiger partial charge >= 0.3 is 0 Å². The van der Waals surface area contributed by atoms with E-state index in [4.69, 9.17) is 4.74 Å². The van der Waals surface area contributed by atoms with Gasteiger partial charge in [-0.05, 0) is 30.7 Å². The summed E-state index contributed by atoms with van der Waals surface area (Å²) < 4.78 is 22.8. The maximum atomic E-state index is 13.7. The Bertz CT molecular complexity index is 1200. The van der Waals surface area contributed by atoms with E-state index in [1.54, 1.807) is 22.8 Å². The molecular weight excluding hydrogens is 391 g/mol. The Balaban J connectivity index is 1.62. The standard InChI is InChI=1S/C21H21FN4O2S/c1-2-3-12-25-19(27)15-8-4-6-10-17(15)26-20(25)23-24-21(26)29-14-13-28-18-11-7-5-9-16(18)22/h4-11H,2-3,12-14H2,1H3. The van der Waals surface area contributed by atoms with E-state index < -0.39 is 0 Å². The molecule has 6 nitrogen and oxygen atoms in total. The van der Waals surface area contributed by atoms with Crippen LogP contribution in [0.4, 0.5) is 4.39 Å². The van der Waals surface area contributed by atoms with Gasteiger partial charge in [-0.2, -0.15) is 0 Å². The third kappa shape index (κ3) is 3.85. The highest BCUT2D eigenvalue weighted by Crippen LogP contribution is 2.22. The summed E-state index contributed by atoms with van der Waals surface area (Å²) in [5.41, 5.74) is 0.733. The van der Waals surface area contributed by atoms with Gasteiger partial charge in [-0.1, -0.05) is 49.4 Å². The lowest BCUT2D eigenvalue weighted by Crippen LogP contribution is -2.23. The van der Waals surface area contributed by atoms with E-state index in [-0.39, 0.29) is 17.1 Å². The van der Waals surface area contributed by atoms with Crippen molar-refractivity contribution in [3.05, 3.63) is 64.7 Å². The number of aryl methyl sites for hydroxylation is 1. The molecule has 0 aliphatic carbocycles. The number of hydrogen-bond acceptors (Lipinski definition) is 5. The van der Waals surface area contributed by atoms with Crippen LogP contribution in [0, 0.1) is 5.82 Å². The van der Waals surface area contributed by atoms with Crippen LogP contribution < -0.4 is 10.3 Å². The molecule has 0 aliphatic heterocycles. The summed E-state index contributed by atoms with van der Waals surface area (Å²) in [6, 6.07) is 13.8. The van der Waals surface area contributed by atoms with Gasteiger partial charge < -0.3 is 4.74 Å².